The zero-order valence-electron chi connectivity index (χ0n) is 18.1. The van der Waals surface area contributed by atoms with Crippen LogP contribution in [0, 0.1) is 0 Å². The van der Waals surface area contributed by atoms with Gasteiger partial charge in [-0.05, 0) is 36.8 Å². The molecule has 4 rings (SSSR count). The Balaban J connectivity index is 1.50. The number of fused-ring (bicyclic) bond motifs is 2. The maximum atomic E-state index is 4.89. The Hall–Kier alpha value is -1.98. The molecule has 2 aromatic heterocycles. The van der Waals surface area contributed by atoms with Crippen molar-refractivity contribution in [2.75, 3.05) is 18.5 Å². The van der Waals surface area contributed by atoms with Gasteiger partial charge in [0.1, 0.15) is 0 Å². The van der Waals surface area contributed by atoms with Gasteiger partial charge in [0, 0.05) is 30.1 Å². The summed E-state index contributed by atoms with van der Waals surface area (Å²) in [5, 5.41) is 2.42. The minimum absolute atomic E-state index is 0.0437. The van der Waals surface area contributed by atoms with Crippen LogP contribution in [0.3, 0.4) is 0 Å². The predicted molar refractivity (Wildman–Crippen MR) is 129 cm³/mol. The van der Waals surface area contributed by atoms with Crippen molar-refractivity contribution < 1.29 is 0 Å². The van der Waals surface area contributed by atoms with E-state index in [0.29, 0.717) is 0 Å². The first-order valence-electron chi connectivity index (χ1n) is 10.1. The van der Waals surface area contributed by atoms with Gasteiger partial charge >= 0.3 is 0 Å². The number of hydrogen-bond donors (Lipinski definition) is 0. The van der Waals surface area contributed by atoms with E-state index in [1.807, 2.05) is 11.3 Å². The normalized spacial score (nSPS) is 12.8. The highest BCUT2D eigenvalue weighted by Gasteiger charge is 2.25. The van der Waals surface area contributed by atoms with E-state index in [1.165, 1.54) is 25.1 Å². The number of hydrogen-bond acceptors (Lipinski definition) is 5. The maximum absolute atomic E-state index is 4.89. The van der Waals surface area contributed by atoms with Crippen LogP contribution in [0.15, 0.2) is 42.5 Å². The summed E-state index contributed by atoms with van der Waals surface area (Å²) < 4.78 is 2.54. The number of benzene rings is 2. The van der Waals surface area contributed by atoms with E-state index >= 15 is 0 Å². The molecule has 2 aromatic carbocycles. The lowest BCUT2D eigenvalue weighted by Crippen LogP contribution is -2.27. The van der Waals surface area contributed by atoms with Crippen molar-refractivity contribution in [1.29, 1.82) is 0 Å². The molecule has 3 nitrogen and oxygen atoms in total. The van der Waals surface area contributed by atoms with Crippen LogP contribution in [-0.4, -0.2) is 23.6 Å². The smallest absolute Gasteiger partial charge is 0.0995 e. The SMILES string of the molecule is CN(CCC(C)(C)c1nc2ccccc2s1)c1ccc2sc(C(C)(C)C)nc2c1. The fourth-order valence-electron chi connectivity index (χ4n) is 3.32. The van der Waals surface area contributed by atoms with Gasteiger partial charge in [0.05, 0.1) is 30.4 Å². The molecule has 0 saturated carbocycles. The average molecular weight is 424 g/mol. The van der Waals surface area contributed by atoms with Crippen molar-refractivity contribution in [3.63, 3.8) is 0 Å². The summed E-state index contributed by atoms with van der Waals surface area (Å²) in [7, 11) is 2.17. The summed E-state index contributed by atoms with van der Waals surface area (Å²) in [5.74, 6) is 0. The number of nitrogens with zero attached hydrogens (tertiary/aromatic N) is 3. The highest BCUT2D eigenvalue weighted by atomic mass is 32.1. The van der Waals surface area contributed by atoms with Crippen LogP contribution in [0.2, 0.25) is 0 Å². The highest BCUT2D eigenvalue weighted by molar-refractivity contribution is 7.19. The van der Waals surface area contributed by atoms with Gasteiger partial charge in [-0.2, -0.15) is 0 Å². The van der Waals surface area contributed by atoms with Crippen LogP contribution < -0.4 is 4.90 Å². The van der Waals surface area contributed by atoms with Crippen LogP contribution in [0.25, 0.3) is 20.4 Å². The van der Waals surface area contributed by atoms with Crippen molar-refractivity contribution in [2.45, 2.75) is 51.9 Å². The molecule has 0 aliphatic rings. The number of anilines is 1. The number of rotatable bonds is 5. The van der Waals surface area contributed by atoms with Crippen LogP contribution in [0.4, 0.5) is 5.69 Å². The molecule has 152 valence electrons. The second-order valence-electron chi connectivity index (χ2n) is 9.46. The molecule has 0 N–H and O–H groups in total. The third-order valence-electron chi connectivity index (χ3n) is 5.40. The van der Waals surface area contributed by atoms with Crippen LogP contribution in [0.1, 0.15) is 51.1 Å². The van der Waals surface area contributed by atoms with E-state index in [-0.39, 0.29) is 10.8 Å². The van der Waals surface area contributed by atoms with Gasteiger partial charge in [-0.3, -0.25) is 0 Å². The molecule has 0 spiro atoms. The lowest BCUT2D eigenvalue weighted by Gasteiger charge is -2.27. The number of aromatic nitrogens is 2. The summed E-state index contributed by atoms with van der Waals surface area (Å²) in [6, 6.07) is 15.1. The number of para-hydroxylation sites is 1. The van der Waals surface area contributed by atoms with E-state index < -0.39 is 0 Å². The van der Waals surface area contributed by atoms with Crippen molar-refractivity contribution in [3.8, 4) is 0 Å². The van der Waals surface area contributed by atoms with E-state index in [4.69, 9.17) is 9.97 Å². The standard InChI is InChI=1S/C24H29N3S2/c1-23(2,3)21-26-18-15-16(11-12-20(18)28-21)27(6)14-13-24(4,5)22-25-17-9-7-8-10-19(17)29-22/h7-12,15H,13-14H2,1-6H3. The topological polar surface area (TPSA) is 29.0 Å². The molecule has 0 amide bonds. The molecule has 0 radical (unpaired) electrons. The van der Waals surface area contributed by atoms with Gasteiger partial charge in [-0.1, -0.05) is 46.8 Å². The first-order chi connectivity index (χ1) is 13.6. The predicted octanol–water partition coefficient (Wildman–Crippen LogP) is 7.01. The van der Waals surface area contributed by atoms with Crippen molar-refractivity contribution in [1.82, 2.24) is 9.97 Å². The zero-order chi connectivity index (χ0) is 20.8. The third-order valence-corrected chi connectivity index (χ3v) is 8.26. The second-order valence-corrected chi connectivity index (χ2v) is 11.5. The minimum Gasteiger partial charge on any atom is -0.375 e. The van der Waals surface area contributed by atoms with Gasteiger partial charge in [0.2, 0.25) is 0 Å². The molecule has 4 aromatic rings. The molecule has 0 atom stereocenters. The Kier molecular flexibility index (Phi) is 5.16. The third kappa shape index (κ3) is 4.17. The Morgan fingerprint density at radius 3 is 2.21 bits per heavy atom. The molecular weight excluding hydrogens is 394 g/mol. The lowest BCUT2D eigenvalue weighted by molar-refractivity contribution is 0.480. The summed E-state index contributed by atoms with van der Waals surface area (Å²) in [6.07, 6.45) is 1.05. The van der Waals surface area contributed by atoms with E-state index in [2.05, 4.69) is 89.0 Å². The van der Waals surface area contributed by atoms with E-state index in [9.17, 15) is 0 Å². The van der Waals surface area contributed by atoms with E-state index in [1.54, 1.807) is 11.3 Å². The number of thiazole rings is 2. The fraction of sp³-hybridized carbons (Fsp3) is 0.417. The first-order valence-corrected chi connectivity index (χ1v) is 11.7. The molecular formula is C24H29N3S2. The second kappa shape index (κ2) is 7.37. The minimum atomic E-state index is 0.0437. The van der Waals surface area contributed by atoms with Crippen LogP contribution >= 0.6 is 22.7 Å². The highest BCUT2D eigenvalue weighted by Crippen LogP contribution is 2.35. The molecule has 5 heteroatoms. The quantitative estimate of drug-likeness (QED) is 0.346. The fourth-order valence-corrected chi connectivity index (χ4v) is 5.42. The van der Waals surface area contributed by atoms with Crippen LogP contribution in [0.5, 0.6) is 0 Å². The molecule has 0 bridgehead atoms. The van der Waals surface area contributed by atoms with Crippen LogP contribution in [-0.2, 0) is 10.8 Å². The largest absolute Gasteiger partial charge is 0.375 e. The monoisotopic (exact) mass is 423 g/mol. The molecule has 29 heavy (non-hydrogen) atoms. The molecule has 0 unspecified atom stereocenters. The molecule has 2 heterocycles. The van der Waals surface area contributed by atoms with Crippen molar-refractivity contribution >= 4 is 48.8 Å². The van der Waals surface area contributed by atoms with Gasteiger partial charge < -0.3 is 4.90 Å². The Labute approximate surface area is 181 Å². The maximum Gasteiger partial charge on any atom is 0.0995 e. The summed E-state index contributed by atoms with van der Waals surface area (Å²) in [5.41, 5.74) is 3.58. The van der Waals surface area contributed by atoms with Crippen molar-refractivity contribution in [3.05, 3.63) is 52.5 Å². The van der Waals surface area contributed by atoms with Gasteiger partial charge in [-0.15, -0.1) is 22.7 Å². The Bertz CT molecular complexity index is 1110. The molecule has 0 fully saturated rings. The zero-order valence-corrected chi connectivity index (χ0v) is 19.7. The van der Waals surface area contributed by atoms with E-state index in [0.717, 1.165) is 24.0 Å². The van der Waals surface area contributed by atoms with Gasteiger partial charge in [0.25, 0.3) is 0 Å². The van der Waals surface area contributed by atoms with Gasteiger partial charge in [-0.25, -0.2) is 9.97 Å². The summed E-state index contributed by atoms with van der Waals surface area (Å²) in [6.45, 7) is 12.3. The average Bonchev–Trinajstić information content (AvgIpc) is 3.29. The lowest BCUT2D eigenvalue weighted by atomic mass is 9.90. The van der Waals surface area contributed by atoms with Gasteiger partial charge in [0.15, 0.2) is 0 Å². The summed E-state index contributed by atoms with van der Waals surface area (Å²) >= 11 is 3.63. The van der Waals surface area contributed by atoms with Crippen molar-refractivity contribution in [2.24, 2.45) is 0 Å². The molecule has 0 saturated heterocycles. The Morgan fingerprint density at radius 1 is 0.828 bits per heavy atom. The molecule has 0 aliphatic heterocycles. The molecule has 0 aliphatic carbocycles. The first kappa shape index (κ1) is 20.3. The Morgan fingerprint density at radius 2 is 1.48 bits per heavy atom. The summed E-state index contributed by atoms with van der Waals surface area (Å²) in [4.78, 5) is 12.1.